The fourth-order valence-corrected chi connectivity index (χ4v) is 2.22. The Balaban J connectivity index is 2.18. The molecule has 0 spiro atoms. The Bertz CT molecular complexity index is 673. The zero-order valence-electron chi connectivity index (χ0n) is 10.7. The maximum absolute atomic E-state index is 11.6. The number of aryl methyl sites for hydroxylation is 2. The SMILES string of the molecule is Cc1ccccc1C1N=CC(=O)Nc2c1noc2C. The molecule has 1 unspecified atom stereocenters. The van der Waals surface area contributed by atoms with Crippen molar-refractivity contribution in [2.24, 2.45) is 4.99 Å². The lowest BCUT2D eigenvalue weighted by Crippen LogP contribution is -2.11. The van der Waals surface area contributed by atoms with Crippen LogP contribution in [0.4, 0.5) is 5.69 Å². The number of carbonyl (C=O) groups excluding carboxylic acids is 1. The molecule has 1 aromatic carbocycles. The van der Waals surface area contributed by atoms with Crippen molar-refractivity contribution in [2.45, 2.75) is 19.9 Å². The first-order chi connectivity index (χ1) is 9.16. The van der Waals surface area contributed by atoms with E-state index >= 15 is 0 Å². The molecule has 1 aromatic heterocycles. The number of rotatable bonds is 1. The highest BCUT2D eigenvalue weighted by Crippen LogP contribution is 2.35. The third kappa shape index (κ3) is 1.93. The van der Waals surface area contributed by atoms with Crippen LogP contribution in [0.25, 0.3) is 0 Å². The van der Waals surface area contributed by atoms with E-state index in [0.29, 0.717) is 17.1 Å². The molecule has 0 fully saturated rings. The van der Waals surface area contributed by atoms with E-state index in [2.05, 4.69) is 15.5 Å². The molecule has 0 saturated heterocycles. The number of nitrogens with one attached hydrogen (secondary N) is 1. The number of aliphatic imine (C=N–C) groups is 1. The van der Waals surface area contributed by atoms with Crippen molar-refractivity contribution in [1.29, 1.82) is 0 Å². The number of amides is 1. The number of hydrogen-bond acceptors (Lipinski definition) is 4. The Labute approximate surface area is 110 Å². The van der Waals surface area contributed by atoms with Crippen molar-refractivity contribution in [1.82, 2.24) is 5.16 Å². The van der Waals surface area contributed by atoms with E-state index in [4.69, 9.17) is 4.52 Å². The second-order valence-corrected chi connectivity index (χ2v) is 4.53. The van der Waals surface area contributed by atoms with Crippen LogP contribution in [0.1, 0.15) is 28.6 Å². The zero-order chi connectivity index (χ0) is 13.4. The molecule has 1 aliphatic heterocycles. The summed E-state index contributed by atoms with van der Waals surface area (Å²) in [5.74, 6) is 0.330. The van der Waals surface area contributed by atoms with Crippen LogP contribution in [0.2, 0.25) is 0 Å². The van der Waals surface area contributed by atoms with Crippen LogP contribution < -0.4 is 5.32 Å². The standard InChI is InChI=1S/C14H13N3O2/c1-8-5-3-4-6-10(8)13-14-12(9(2)19-17-14)16-11(18)7-15-13/h3-7,13H,1-2H3,(H,16,18). The van der Waals surface area contributed by atoms with Crippen LogP contribution in [-0.4, -0.2) is 17.3 Å². The van der Waals surface area contributed by atoms with Gasteiger partial charge in [0.1, 0.15) is 17.4 Å². The van der Waals surface area contributed by atoms with Gasteiger partial charge in [0.05, 0.1) is 6.21 Å². The van der Waals surface area contributed by atoms with Gasteiger partial charge in [0, 0.05) is 0 Å². The summed E-state index contributed by atoms with van der Waals surface area (Å²) in [6.45, 7) is 3.78. The Hall–Kier alpha value is -2.43. The first-order valence-corrected chi connectivity index (χ1v) is 6.02. The molecule has 0 bridgehead atoms. The van der Waals surface area contributed by atoms with Gasteiger partial charge in [-0.25, -0.2) is 0 Å². The predicted octanol–water partition coefficient (Wildman–Crippen LogP) is 2.40. The molecule has 5 nitrogen and oxygen atoms in total. The van der Waals surface area contributed by atoms with E-state index in [9.17, 15) is 4.79 Å². The van der Waals surface area contributed by atoms with Gasteiger partial charge in [-0.15, -0.1) is 0 Å². The molecule has 2 heterocycles. The quantitative estimate of drug-likeness (QED) is 0.850. The Morgan fingerprint density at radius 2 is 2.05 bits per heavy atom. The van der Waals surface area contributed by atoms with Gasteiger partial charge in [-0.3, -0.25) is 9.79 Å². The number of fused-ring (bicyclic) bond motifs is 1. The van der Waals surface area contributed by atoms with Crippen LogP contribution >= 0.6 is 0 Å². The Morgan fingerprint density at radius 3 is 2.84 bits per heavy atom. The van der Waals surface area contributed by atoms with Crippen molar-refractivity contribution in [3.63, 3.8) is 0 Å². The summed E-state index contributed by atoms with van der Waals surface area (Å²) in [5.41, 5.74) is 3.39. The third-order valence-electron chi connectivity index (χ3n) is 3.22. The lowest BCUT2D eigenvalue weighted by Gasteiger charge is -2.12. The predicted molar refractivity (Wildman–Crippen MR) is 71.4 cm³/mol. The van der Waals surface area contributed by atoms with Crippen LogP contribution in [0.15, 0.2) is 33.8 Å². The molecule has 1 N–H and O–H groups in total. The normalized spacial score (nSPS) is 17.8. The maximum atomic E-state index is 11.6. The Morgan fingerprint density at radius 1 is 1.26 bits per heavy atom. The molecule has 1 atom stereocenters. The lowest BCUT2D eigenvalue weighted by atomic mass is 9.98. The van der Waals surface area contributed by atoms with Gasteiger partial charge >= 0.3 is 0 Å². The molecule has 0 aliphatic carbocycles. The second-order valence-electron chi connectivity index (χ2n) is 4.53. The van der Waals surface area contributed by atoms with Crippen LogP contribution in [0.5, 0.6) is 0 Å². The summed E-state index contributed by atoms with van der Waals surface area (Å²) in [7, 11) is 0. The Kier molecular flexibility index (Phi) is 2.67. The topological polar surface area (TPSA) is 67.5 Å². The molecule has 1 amide bonds. The van der Waals surface area contributed by atoms with Gasteiger partial charge in [-0.2, -0.15) is 0 Å². The maximum Gasteiger partial charge on any atom is 0.266 e. The highest BCUT2D eigenvalue weighted by atomic mass is 16.5. The van der Waals surface area contributed by atoms with Gasteiger partial charge in [0.25, 0.3) is 5.91 Å². The van der Waals surface area contributed by atoms with E-state index in [1.807, 2.05) is 31.2 Å². The lowest BCUT2D eigenvalue weighted by molar-refractivity contribution is -0.109. The molecule has 0 radical (unpaired) electrons. The van der Waals surface area contributed by atoms with Gasteiger partial charge in [-0.05, 0) is 25.0 Å². The summed E-state index contributed by atoms with van der Waals surface area (Å²) < 4.78 is 5.17. The monoisotopic (exact) mass is 255 g/mol. The van der Waals surface area contributed by atoms with Crippen LogP contribution in [0.3, 0.4) is 0 Å². The van der Waals surface area contributed by atoms with Gasteiger partial charge in [-0.1, -0.05) is 29.4 Å². The molecule has 5 heteroatoms. The average Bonchev–Trinajstić information content (AvgIpc) is 2.66. The summed E-state index contributed by atoms with van der Waals surface area (Å²) >= 11 is 0. The zero-order valence-corrected chi connectivity index (χ0v) is 10.7. The number of carbonyl (C=O) groups is 1. The van der Waals surface area contributed by atoms with Crippen molar-refractivity contribution >= 4 is 17.8 Å². The number of aromatic nitrogens is 1. The highest BCUT2D eigenvalue weighted by Gasteiger charge is 2.27. The molecule has 19 heavy (non-hydrogen) atoms. The molecule has 1 aliphatic rings. The highest BCUT2D eigenvalue weighted by molar-refractivity contribution is 6.32. The van der Waals surface area contributed by atoms with Crippen LogP contribution in [0, 0.1) is 13.8 Å². The van der Waals surface area contributed by atoms with E-state index in [0.717, 1.165) is 11.1 Å². The summed E-state index contributed by atoms with van der Waals surface area (Å²) in [6.07, 6.45) is 1.30. The molecular formula is C14H13N3O2. The number of benzene rings is 1. The third-order valence-corrected chi connectivity index (χ3v) is 3.22. The smallest absolute Gasteiger partial charge is 0.266 e. The van der Waals surface area contributed by atoms with Crippen LogP contribution in [-0.2, 0) is 4.79 Å². The van der Waals surface area contributed by atoms with E-state index < -0.39 is 0 Å². The summed E-state index contributed by atoms with van der Waals surface area (Å²) in [6, 6.07) is 7.61. The average molecular weight is 255 g/mol. The fourth-order valence-electron chi connectivity index (χ4n) is 2.22. The van der Waals surface area contributed by atoms with E-state index in [-0.39, 0.29) is 11.9 Å². The molecule has 0 saturated carbocycles. The molecular weight excluding hydrogens is 242 g/mol. The van der Waals surface area contributed by atoms with Crippen molar-refractivity contribution < 1.29 is 9.32 Å². The minimum absolute atomic E-state index is 0.261. The van der Waals surface area contributed by atoms with Crippen molar-refractivity contribution in [2.75, 3.05) is 5.32 Å². The first kappa shape index (κ1) is 11.6. The number of hydrogen-bond donors (Lipinski definition) is 1. The molecule has 3 rings (SSSR count). The number of nitrogens with zero attached hydrogens (tertiary/aromatic N) is 2. The van der Waals surface area contributed by atoms with Gasteiger partial charge in [0.15, 0.2) is 5.76 Å². The number of anilines is 1. The fraction of sp³-hybridized carbons (Fsp3) is 0.214. The van der Waals surface area contributed by atoms with Crippen molar-refractivity contribution in [3.8, 4) is 0 Å². The van der Waals surface area contributed by atoms with E-state index in [1.54, 1.807) is 6.92 Å². The van der Waals surface area contributed by atoms with Crippen molar-refractivity contribution in [3.05, 3.63) is 46.8 Å². The molecule has 96 valence electrons. The minimum Gasteiger partial charge on any atom is -0.359 e. The summed E-state index contributed by atoms with van der Waals surface area (Å²) in [5, 5.41) is 6.79. The first-order valence-electron chi connectivity index (χ1n) is 6.02. The van der Waals surface area contributed by atoms with Gasteiger partial charge in [0.2, 0.25) is 0 Å². The minimum atomic E-state index is -0.312. The van der Waals surface area contributed by atoms with Gasteiger partial charge < -0.3 is 9.84 Å². The summed E-state index contributed by atoms with van der Waals surface area (Å²) in [4.78, 5) is 16.0. The second kappa shape index (κ2) is 4.35. The largest absolute Gasteiger partial charge is 0.359 e. The van der Waals surface area contributed by atoms with E-state index in [1.165, 1.54) is 6.21 Å². The molecule has 2 aromatic rings.